The number of carbonyl (C=O) groups is 3. The quantitative estimate of drug-likeness (QED) is 0.325. The van der Waals surface area contributed by atoms with E-state index in [2.05, 4.69) is 10.6 Å². The Hall–Kier alpha value is -3.06. The summed E-state index contributed by atoms with van der Waals surface area (Å²) >= 11 is 6.46. The van der Waals surface area contributed by atoms with E-state index in [1.54, 1.807) is 31.7 Å². The Balaban J connectivity index is 2.63. The third kappa shape index (κ3) is 8.72. The second-order valence-corrected chi connectivity index (χ2v) is 11.8. The van der Waals surface area contributed by atoms with Crippen LogP contribution in [-0.4, -0.2) is 41.0 Å². The van der Waals surface area contributed by atoms with Crippen LogP contribution in [0.4, 0.5) is 10.5 Å². The average molecular weight is 558 g/mol. The van der Waals surface area contributed by atoms with Crippen molar-refractivity contribution >= 4 is 35.2 Å². The van der Waals surface area contributed by atoms with Crippen LogP contribution < -0.4 is 10.6 Å². The first-order chi connectivity index (χ1) is 18.2. The molecule has 0 saturated carbocycles. The Bertz CT molecular complexity index is 1130. The number of carbonyl (C=O) groups excluding carboxylic acids is 3. The van der Waals surface area contributed by atoms with Crippen molar-refractivity contribution in [3.63, 3.8) is 0 Å². The summed E-state index contributed by atoms with van der Waals surface area (Å²) in [6, 6.07) is 9.38. The number of ether oxygens (including phenoxy) is 1. The zero-order valence-corrected chi connectivity index (χ0v) is 25.5. The molecule has 39 heavy (non-hydrogen) atoms. The largest absolute Gasteiger partial charge is 0.444 e. The molecule has 0 spiro atoms. The number of nitrogens with zero attached hydrogens (tertiary/aromatic N) is 1. The van der Waals surface area contributed by atoms with Crippen LogP contribution in [0.2, 0.25) is 5.02 Å². The van der Waals surface area contributed by atoms with Gasteiger partial charge >= 0.3 is 6.09 Å². The summed E-state index contributed by atoms with van der Waals surface area (Å²) in [5, 5.41) is 6.19. The molecule has 0 aliphatic rings. The first-order valence-electron chi connectivity index (χ1n) is 13.6. The van der Waals surface area contributed by atoms with Crippen molar-refractivity contribution in [3.8, 4) is 0 Å². The number of amides is 3. The fourth-order valence-electron chi connectivity index (χ4n) is 4.49. The van der Waals surface area contributed by atoms with Gasteiger partial charge in [-0.3, -0.25) is 9.59 Å². The summed E-state index contributed by atoms with van der Waals surface area (Å²) in [6.07, 6.45) is 0.827. The molecule has 214 valence electrons. The minimum absolute atomic E-state index is 0.248. The van der Waals surface area contributed by atoms with Gasteiger partial charge in [0.05, 0.1) is 10.7 Å². The Morgan fingerprint density at radius 2 is 1.54 bits per heavy atom. The van der Waals surface area contributed by atoms with E-state index in [0.717, 1.165) is 28.7 Å². The zero-order chi connectivity index (χ0) is 29.5. The lowest BCUT2D eigenvalue weighted by molar-refractivity contribution is -0.141. The molecule has 0 heterocycles. The minimum Gasteiger partial charge on any atom is -0.444 e. The maximum absolute atomic E-state index is 14.3. The van der Waals surface area contributed by atoms with Crippen molar-refractivity contribution in [2.45, 2.75) is 92.8 Å². The van der Waals surface area contributed by atoms with E-state index >= 15 is 0 Å². The van der Waals surface area contributed by atoms with Gasteiger partial charge in [0.2, 0.25) is 5.91 Å². The summed E-state index contributed by atoms with van der Waals surface area (Å²) < 4.78 is 5.45. The molecule has 0 aliphatic carbocycles. The molecule has 2 N–H and O–H groups in total. The molecular weight excluding hydrogens is 514 g/mol. The molecule has 2 atom stereocenters. The van der Waals surface area contributed by atoms with E-state index in [-0.39, 0.29) is 17.7 Å². The normalized spacial score (nSPS) is 13.0. The molecule has 3 amide bonds. The molecule has 0 fully saturated rings. The van der Waals surface area contributed by atoms with E-state index in [9.17, 15) is 14.4 Å². The maximum atomic E-state index is 14.3. The molecule has 2 rings (SSSR count). The van der Waals surface area contributed by atoms with Gasteiger partial charge < -0.3 is 20.3 Å². The summed E-state index contributed by atoms with van der Waals surface area (Å²) in [7, 11) is 0. The topological polar surface area (TPSA) is 87.7 Å². The molecule has 0 aliphatic heterocycles. The van der Waals surface area contributed by atoms with Gasteiger partial charge in [0.15, 0.2) is 0 Å². The van der Waals surface area contributed by atoms with Gasteiger partial charge in [-0.15, -0.1) is 0 Å². The van der Waals surface area contributed by atoms with Crippen molar-refractivity contribution < 1.29 is 19.1 Å². The molecule has 2 aromatic rings. The molecule has 0 bridgehead atoms. The van der Waals surface area contributed by atoms with Crippen LogP contribution in [0, 0.1) is 26.7 Å². The number of hydrogen-bond donors (Lipinski definition) is 2. The van der Waals surface area contributed by atoms with Crippen LogP contribution >= 0.6 is 11.6 Å². The lowest BCUT2D eigenvalue weighted by Crippen LogP contribution is -2.54. The van der Waals surface area contributed by atoms with Crippen LogP contribution in [0.3, 0.4) is 0 Å². The Morgan fingerprint density at radius 3 is 2.05 bits per heavy atom. The second kappa shape index (κ2) is 13.8. The average Bonchev–Trinajstić information content (AvgIpc) is 2.82. The second-order valence-electron chi connectivity index (χ2n) is 11.4. The predicted molar refractivity (Wildman–Crippen MR) is 158 cm³/mol. The van der Waals surface area contributed by atoms with Crippen molar-refractivity contribution in [2.24, 2.45) is 5.92 Å². The van der Waals surface area contributed by atoms with Crippen molar-refractivity contribution in [1.82, 2.24) is 10.2 Å². The SMILES string of the molecule is CCCCN(C(=O)C(NC(=O)OC(C)(C)C)C(C)C)C(C(=O)Nc1c(C)cccc1Cl)c1c(C)cccc1C. The monoisotopic (exact) mass is 557 g/mol. The first-order valence-corrected chi connectivity index (χ1v) is 14.0. The first kappa shape index (κ1) is 32.2. The number of hydrogen-bond acceptors (Lipinski definition) is 4. The van der Waals surface area contributed by atoms with Crippen LogP contribution in [0.1, 0.15) is 82.7 Å². The lowest BCUT2D eigenvalue weighted by atomic mass is 9.92. The van der Waals surface area contributed by atoms with Gasteiger partial charge in [0.1, 0.15) is 17.7 Å². The number of nitrogens with one attached hydrogen (secondary N) is 2. The highest BCUT2D eigenvalue weighted by atomic mass is 35.5. The lowest BCUT2D eigenvalue weighted by Gasteiger charge is -2.36. The number of benzene rings is 2. The Labute approximate surface area is 238 Å². The van der Waals surface area contributed by atoms with Gasteiger partial charge in [-0.05, 0) is 82.2 Å². The molecule has 8 heteroatoms. The van der Waals surface area contributed by atoms with E-state index in [0.29, 0.717) is 23.7 Å². The van der Waals surface area contributed by atoms with Crippen LogP contribution in [0.5, 0.6) is 0 Å². The molecule has 0 saturated heterocycles. The molecule has 2 aromatic carbocycles. The van der Waals surface area contributed by atoms with Gasteiger partial charge in [0.25, 0.3) is 5.91 Å². The number of alkyl carbamates (subject to hydrolysis) is 1. The van der Waals surface area contributed by atoms with Gasteiger partial charge in [0, 0.05) is 6.54 Å². The molecule has 2 unspecified atom stereocenters. The molecular formula is C31H44ClN3O4. The minimum atomic E-state index is -0.942. The highest BCUT2D eigenvalue weighted by molar-refractivity contribution is 6.34. The van der Waals surface area contributed by atoms with Crippen molar-refractivity contribution in [2.75, 3.05) is 11.9 Å². The highest BCUT2D eigenvalue weighted by Crippen LogP contribution is 2.32. The smallest absolute Gasteiger partial charge is 0.408 e. The third-order valence-corrected chi connectivity index (χ3v) is 6.80. The number of anilines is 1. The third-order valence-electron chi connectivity index (χ3n) is 6.49. The van der Waals surface area contributed by atoms with E-state index in [1.165, 1.54) is 0 Å². The fourth-order valence-corrected chi connectivity index (χ4v) is 4.76. The Morgan fingerprint density at radius 1 is 0.974 bits per heavy atom. The predicted octanol–water partition coefficient (Wildman–Crippen LogP) is 7.12. The molecule has 0 aromatic heterocycles. The highest BCUT2D eigenvalue weighted by Gasteiger charge is 2.38. The number of rotatable bonds is 10. The standard InChI is InChI=1S/C31H44ClN3O4/c1-10-11-18-35(29(37)25(19(2)3)34-30(38)39-31(7,8)9)27(24-20(4)14-12-15-21(24)5)28(36)33-26-22(6)16-13-17-23(26)32/h12-17,19,25,27H,10-11,18H2,1-9H3,(H,33,36)(H,34,38). The zero-order valence-electron chi connectivity index (χ0n) is 24.8. The summed E-state index contributed by atoms with van der Waals surface area (Å²) in [5.74, 6) is -0.961. The van der Waals surface area contributed by atoms with E-state index < -0.39 is 23.8 Å². The fraction of sp³-hybridized carbons (Fsp3) is 0.516. The number of aryl methyl sites for hydroxylation is 3. The van der Waals surface area contributed by atoms with Crippen molar-refractivity contribution in [3.05, 3.63) is 63.7 Å². The summed E-state index contributed by atoms with van der Waals surface area (Å²) in [5.41, 5.74) is 3.14. The molecule has 0 radical (unpaired) electrons. The summed E-state index contributed by atoms with van der Waals surface area (Å²) in [6.45, 7) is 17.1. The summed E-state index contributed by atoms with van der Waals surface area (Å²) in [4.78, 5) is 42.7. The molecule has 7 nitrogen and oxygen atoms in total. The van der Waals surface area contributed by atoms with E-state index in [4.69, 9.17) is 16.3 Å². The van der Waals surface area contributed by atoms with Gasteiger partial charge in [-0.25, -0.2) is 4.79 Å². The van der Waals surface area contributed by atoms with Crippen LogP contribution in [-0.2, 0) is 14.3 Å². The number of para-hydroxylation sites is 1. The maximum Gasteiger partial charge on any atom is 0.408 e. The van der Waals surface area contributed by atoms with Crippen LogP contribution in [0.15, 0.2) is 36.4 Å². The van der Waals surface area contributed by atoms with Gasteiger partial charge in [-0.1, -0.05) is 69.1 Å². The number of unbranched alkanes of at least 4 members (excludes halogenated alkanes) is 1. The Kier molecular flexibility index (Phi) is 11.4. The van der Waals surface area contributed by atoms with E-state index in [1.807, 2.05) is 71.9 Å². The van der Waals surface area contributed by atoms with Crippen molar-refractivity contribution in [1.29, 1.82) is 0 Å². The number of halogens is 1. The van der Waals surface area contributed by atoms with Crippen LogP contribution in [0.25, 0.3) is 0 Å². The van der Waals surface area contributed by atoms with Gasteiger partial charge in [-0.2, -0.15) is 0 Å².